The van der Waals surface area contributed by atoms with Gasteiger partial charge in [-0.2, -0.15) is 0 Å². The summed E-state index contributed by atoms with van der Waals surface area (Å²) in [5.74, 6) is 0.552. The minimum absolute atomic E-state index is 0.115. The monoisotopic (exact) mass is 402 g/mol. The van der Waals surface area contributed by atoms with Crippen molar-refractivity contribution in [2.75, 3.05) is 11.9 Å². The van der Waals surface area contributed by atoms with E-state index in [0.717, 1.165) is 11.1 Å². The summed E-state index contributed by atoms with van der Waals surface area (Å²) < 4.78 is 17.4. The molecule has 150 valence electrons. The highest BCUT2D eigenvalue weighted by molar-refractivity contribution is 7.83. The number of rotatable bonds is 9. The summed E-state index contributed by atoms with van der Waals surface area (Å²) in [5.41, 5.74) is 2.52. The Morgan fingerprint density at radius 2 is 1.68 bits per heavy atom. The van der Waals surface area contributed by atoms with Crippen molar-refractivity contribution < 1.29 is 18.5 Å². The number of hydrogen-bond acceptors (Lipinski definition) is 4. The Kier molecular flexibility index (Phi) is 8.68. The van der Waals surface area contributed by atoms with E-state index in [1.165, 1.54) is 0 Å². The zero-order chi connectivity index (χ0) is 20.4. The molecule has 1 unspecified atom stereocenters. The van der Waals surface area contributed by atoms with Gasteiger partial charge in [0.05, 0.1) is 12.5 Å². The molecule has 28 heavy (non-hydrogen) atoms. The topological polar surface area (TPSA) is 84.5 Å². The Bertz CT molecular complexity index is 809. The van der Waals surface area contributed by atoms with Gasteiger partial charge in [0.1, 0.15) is 0 Å². The van der Waals surface area contributed by atoms with E-state index < -0.39 is 16.8 Å². The molecule has 2 N–H and O–H groups in total. The van der Waals surface area contributed by atoms with Crippen molar-refractivity contribution in [1.29, 1.82) is 0 Å². The highest BCUT2D eigenvalue weighted by Crippen LogP contribution is 2.14. The Labute approximate surface area is 168 Å². The maximum absolute atomic E-state index is 12.4. The molecular weight excluding hydrogens is 376 g/mol. The minimum Gasteiger partial charge on any atom is -0.463 e. The smallest absolute Gasteiger partial charge is 0.319 e. The van der Waals surface area contributed by atoms with Gasteiger partial charge in [-0.3, -0.25) is 9.00 Å². The average Bonchev–Trinajstić information content (AvgIpc) is 2.62. The van der Waals surface area contributed by atoms with Crippen LogP contribution in [0, 0.1) is 0 Å². The zero-order valence-electron chi connectivity index (χ0n) is 16.1. The van der Waals surface area contributed by atoms with Gasteiger partial charge in [0.2, 0.25) is 0 Å². The standard InChI is InChI=1S/C21H26N2O4S/c1-16(2)27-20(24)11-12-22-21(25)23-19-10-6-9-18(13-19)15-28(26)14-17-7-4-3-5-8-17/h3-10,13,16H,11-12,14-15H2,1-2H3,(H2,22,23,25). The highest BCUT2D eigenvalue weighted by atomic mass is 32.2. The van der Waals surface area contributed by atoms with Gasteiger partial charge in [-0.25, -0.2) is 4.79 Å². The predicted octanol–water partition coefficient (Wildman–Crippen LogP) is 3.60. The van der Waals surface area contributed by atoms with Crippen molar-refractivity contribution in [3.63, 3.8) is 0 Å². The highest BCUT2D eigenvalue weighted by Gasteiger charge is 2.08. The summed E-state index contributed by atoms with van der Waals surface area (Å²) in [4.78, 5) is 23.4. The lowest BCUT2D eigenvalue weighted by Crippen LogP contribution is -2.31. The molecular formula is C21H26N2O4S. The molecule has 0 saturated heterocycles. The number of ether oxygens (including phenoxy) is 1. The lowest BCUT2D eigenvalue weighted by atomic mass is 10.2. The molecule has 0 aliphatic rings. The minimum atomic E-state index is -1.04. The second-order valence-corrected chi connectivity index (χ2v) is 8.04. The lowest BCUT2D eigenvalue weighted by Gasteiger charge is -2.10. The third-order valence-corrected chi connectivity index (χ3v) is 4.98. The number of anilines is 1. The molecule has 0 heterocycles. The maximum atomic E-state index is 12.4. The van der Waals surface area contributed by atoms with E-state index >= 15 is 0 Å². The fourth-order valence-electron chi connectivity index (χ4n) is 2.51. The molecule has 2 amide bonds. The molecule has 1 atom stereocenters. The zero-order valence-corrected chi connectivity index (χ0v) is 17.0. The average molecular weight is 403 g/mol. The molecule has 0 saturated carbocycles. The number of carbonyl (C=O) groups excluding carboxylic acids is 2. The number of esters is 1. The van der Waals surface area contributed by atoms with Gasteiger partial charge in [-0.15, -0.1) is 0 Å². The van der Waals surface area contributed by atoms with Gasteiger partial charge in [-0.1, -0.05) is 42.5 Å². The van der Waals surface area contributed by atoms with Crippen LogP contribution in [0.3, 0.4) is 0 Å². The van der Waals surface area contributed by atoms with E-state index in [1.807, 2.05) is 42.5 Å². The van der Waals surface area contributed by atoms with E-state index in [9.17, 15) is 13.8 Å². The lowest BCUT2D eigenvalue weighted by molar-refractivity contribution is -0.147. The van der Waals surface area contributed by atoms with Crippen molar-refractivity contribution in [3.8, 4) is 0 Å². The van der Waals surface area contributed by atoms with Gasteiger partial charge in [-0.05, 0) is 37.1 Å². The van der Waals surface area contributed by atoms with Crippen LogP contribution in [-0.4, -0.2) is 28.9 Å². The van der Waals surface area contributed by atoms with E-state index in [1.54, 1.807) is 26.0 Å². The molecule has 2 rings (SSSR count). The van der Waals surface area contributed by atoms with Crippen molar-refractivity contribution in [3.05, 3.63) is 65.7 Å². The fraction of sp³-hybridized carbons (Fsp3) is 0.333. The molecule has 6 nitrogen and oxygen atoms in total. The summed E-state index contributed by atoms with van der Waals surface area (Å²) >= 11 is 0. The molecule has 0 radical (unpaired) electrons. The van der Waals surface area contributed by atoms with Crippen LogP contribution in [-0.2, 0) is 31.8 Å². The molecule has 0 spiro atoms. The summed E-state index contributed by atoms with van der Waals surface area (Å²) in [6, 6.07) is 16.6. The van der Waals surface area contributed by atoms with E-state index in [0.29, 0.717) is 17.2 Å². The number of hydrogen-bond donors (Lipinski definition) is 2. The third kappa shape index (κ3) is 8.35. The molecule has 2 aromatic rings. The second kappa shape index (κ2) is 11.2. The van der Waals surface area contributed by atoms with Gasteiger partial charge in [0.25, 0.3) is 0 Å². The molecule has 0 fully saturated rings. The molecule has 0 bridgehead atoms. The van der Waals surface area contributed by atoms with Crippen molar-refractivity contribution in [2.24, 2.45) is 0 Å². The van der Waals surface area contributed by atoms with Gasteiger partial charge < -0.3 is 15.4 Å². The normalized spacial score (nSPS) is 11.7. The first kappa shape index (κ1) is 21.6. The SMILES string of the molecule is CC(C)OC(=O)CCNC(=O)Nc1cccc(CS(=O)Cc2ccccc2)c1. The number of nitrogens with one attached hydrogen (secondary N) is 2. The van der Waals surface area contributed by atoms with Crippen molar-refractivity contribution in [1.82, 2.24) is 5.32 Å². The Balaban J connectivity index is 1.79. The molecule has 0 aliphatic heterocycles. The van der Waals surface area contributed by atoms with Crippen LogP contribution in [0.4, 0.5) is 10.5 Å². The van der Waals surface area contributed by atoms with E-state index in [4.69, 9.17) is 4.74 Å². The van der Waals surface area contributed by atoms with Crippen LogP contribution in [0.2, 0.25) is 0 Å². The Hall–Kier alpha value is -2.67. The summed E-state index contributed by atoms with van der Waals surface area (Å²) in [7, 11) is -1.04. The predicted molar refractivity (Wildman–Crippen MR) is 111 cm³/mol. The molecule has 0 aliphatic carbocycles. The van der Waals surface area contributed by atoms with Crippen LogP contribution < -0.4 is 10.6 Å². The molecule has 2 aromatic carbocycles. The summed E-state index contributed by atoms with van der Waals surface area (Å²) in [6.07, 6.45) is -0.0547. The largest absolute Gasteiger partial charge is 0.463 e. The third-order valence-electron chi connectivity index (χ3n) is 3.66. The fourth-order valence-corrected chi connectivity index (χ4v) is 3.73. The summed E-state index contributed by atoms with van der Waals surface area (Å²) in [5, 5.41) is 5.34. The first-order valence-electron chi connectivity index (χ1n) is 9.14. The number of amides is 2. The first-order valence-corrected chi connectivity index (χ1v) is 10.6. The van der Waals surface area contributed by atoms with Crippen LogP contribution in [0.25, 0.3) is 0 Å². The van der Waals surface area contributed by atoms with Crippen LogP contribution in [0.1, 0.15) is 31.4 Å². The van der Waals surface area contributed by atoms with Gasteiger partial charge in [0, 0.05) is 34.5 Å². The number of urea groups is 1. The van der Waals surface area contributed by atoms with Gasteiger partial charge in [0.15, 0.2) is 0 Å². The Morgan fingerprint density at radius 1 is 1.00 bits per heavy atom. The molecule has 7 heteroatoms. The second-order valence-electron chi connectivity index (χ2n) is 6.58. The van der Waals surface area contributed by atoms with Gasteiger partial charge >= 0.3 is 12.0 Å². The number of benzene rings is 2. The van der Waals surface area contributed by atoms with E-state index in [2.05, 4.69) is 10.6 Å². The quantitative estimate of drug-likeness (QED) is 0.628. The Morgan fingerprint density at radius 3 is 2.39 bits per heavy atom. The van der Waals surface area contributed by atoms with Crippen LogP contribution >= 0.6 is 0 Å². The summed E-state index contributed by atoms with van der Waals surface area (Å²) in [6.45, 7) is 3.74. The number of carbonyl (C=O) groups is 2. The van der Waals surface area contributed by atoms with E-state index in [-0.39, 0.29) is 25.0 Å². The van der Waals surface area contributed by atoms with Crippen LogP contribution in [0.15, 0.2) is 54.6 Å². The van der Waals surface area contributed by atoms with Crippen molar-refractivity contribution >= 4 is 28.5 Å². The van der Waals surface area contributed by atoms with Crippen molar-refractivity contribution in [2.45, 2.75) is 37.9 Å². The van der Waals surface area contributed by atoms with Crippen LogP contribution in [0.5, 0.6) is 0 Å². The maximum Gasteiger partial charge on any atom is 0.319 e. The first-order chi connectivity index (χ1) is 13.4. The molecule has 0 aromatic heterocycles.